The van der Waals surface area contributed by atoms with Crippen LogP contribution in [0.25, 0.3) is 0 Å². The molecule has 2 fully saturated rings. The van der Waals surface area contributed by atoms with E-state index in [1.54, 1.807) is 31.2 Å². The molecule has 1 atom stereocenters. The highest BCUT2D eigenvalue weighted by molar-refractivity contribution is 7.89. The van der Waals surface area contributed by atoms with Crippen molar-refractivity contribution in [3.63, 3.8) is 0 Å². The summed E-state index contributed by atoms with van der Waals surface area (Å²) in [5, 5.41) is 2.83. The van der Waals surface area contributed by atoms with Crippen molar-refractivity contribution in [3.05, 3.63) is 48.0 Å². The SMILES string of the molecule is CCOc1ccc(S(=O)(=O)N2CCCC(C(=O)Nc3ccc(S(=O)(=O)N4CCN(C)CC4)cc3)C2)cc1C. The van der Waals surface area contributed by atoms with Gasteiger partial charge in [-0.2, -0.15) is 8.61 Å². The van der Waals surface area contributed by atoms with Gasteiger partial charge in [0.25, 0.3) is 0 Å². The van der Waals surface area contributed by atoms with Gasteiger partial charge in [0.05, 0.1) is 22.3 Å². The number of ether oxygens (including phenoxy) is 1. The van der Waals surface area contributed by atoms with Crippen LogP contribution in [0, 0.1) is 12.8 Å². The standard InChI is InChI=1S/C26H36N4O6S2/c1-4-36-25-12-11-24(18-20(25)2)38(34,35)30-13-5-6-21(19-30)26(31)27-22-7-9-23(10-8-22)37(32,33)29-16-14-28(3)15-17-29/h7-12,18,21H,4-6,13-17,19H2,1-3H3,(H,27,31). The molecule has 10 nitrogen and oxygen atoms in total. The van der Waals surface area contributed by atoms with E-state index in [1.807, 2.05) is 14.0 Å². The van der Waals surface area contributed by atoms with Crippen LogP contribution in [0.4, 0.5) is 5.69 Å². The molecule has 0 spiro atoms. The average molecular weight is 565 g/mol. The number of piperazine rings is 1. The largest absolute Gasteiger partial charge is 0.494 e. The summed E-state index contributed by atoms with van der Waals surface area (Å²) in [4.78, 5) is 15.5. The molecular weight excluding hydrogens is 528 g/mol. The van der Waals surface area contributed by atoms with Gasteiger partial charge in [-0.25, -0.2) is 16.8 Å². The molecule has 0 radical (unpaired) electrons. The maximum atomic E-state index is 13.3. The van der Waals surface area contributed by atoms with Crippen LogP contribution in [-0.2, 0) is 24.8 Å². The summed E-state index contributed by atoms with van der Waals surface area (Å²) >= 11 is 0. The Hall–Kier alpha value is -2.51. The molecule has 2 aliphatic rings. The third-order valence-electron chi connectivity index (χ3n) is 7.06. The lowest BCUT2D eigenvalue weighted by Gasteiger charge is -2.31. The van der Waals surface area contributed by atoms with Gasteiger partial charge in [-0.3, -0.25) is 4.79 Å². The Kier molecular flexibility index (Phi) is 8.78. The first kappa shape index (κ1) is 28.5. The zero-order chi connectivity index (χ0) is 27.5. The summed E-state index contributed by atoms with van der Waals surface area (Å²) in [6.07, 6.45) is 1.13. The van der Waals surface area contributed by atoms with E-state index >= 15 is 0 Å². The molecule has 2 aliphatic heterocycles. The van der Waals surface area contributed by atoms with E-state index in [9.17, 15) is 21.6 Å². The number of nitrogens with zero attached hydrogens (tertiary/aromatic N) is 3. The third kappa shape index (κ3) is 6.20. The average Bonchev–Trinajstić information content (AvgIpc) is 2.90. The van der Waals surface area contributed by atoms with Crippen molar-refractivity contribution in [1.82, 2.24) is 13.5 Å². The maximum absolute atomic E-state index is 13.3. The van der Waals surface area contributed by atoms with Gasteiger partial charge in [-0.05, 0) is 81.8 Å². The highest BCUT2D eigenvalue weighted by Crippen LogP contribution is 2.28. The Morgan fingerprint density at radius 2 is 1.55 bits per heavy atom. The molecule has 0 aromatic heterocycles. The Labute approximate surface area is 225 Å². The van der Waals surface area contributed by atoms with E-state index in [0.717, 1.165) is 5.56 Å². The molecule has 2 aromatic rings. The van der Waals surface area contributed by atoms with Gasteiger partial charge in [0, 0.05) is 45.0 Å². The molecule has 1 unspecified atom stereocenters. The monoisotopic (exact) mass is 564 g/mol. The summed E-state index contributed by atoms with van der Waals surface area (Å²) in [7, 11) is -5.40. The van der Waals surface area contributed by atoms with Crippen LogP contribution in [0.3, 0.4) is 0 Å². The number of amides is 1. The quantitative estimate of drug-likeness (QED) is 0.523. The molecule has 4 rings (SSSR count). The minimum atomic E-state index is -3.77. The molecule has 12 heteroatoms. The van der Waals surface area contributed by atoms with Gasteiger partial charge >= 0.3 is 0 Å². The minimum absolute atomic E-state index is 0.0797. The normalized spacial score (nSPS) is 20.2. The second-order valence-electron chi connectivity index (χ2n) is 9.78. The summed E-state index contributed by atoms with van der Waals surface area (Å²) in [6.45, 7) is 6.83. The van der Waals surface area contributed by atoms with Crippen molar-refractivity contribution in [2.75, 3.05) is 58.2 Å². The van der Waals surface area contributed by atoms with Crippen molar-refractivity contribution in [2.45, 2.75) is 36.5 Å². The van der Waals surface area contributed by atoms with Crippen LogP contribution in [0.15, 0.2) is 52.3 Å². The zero-order valence-corrected chi connectivity index (χ0v) is 23.7. The van der Waals surface area contributed by atoms with Gasteiger partial charge in [-0.15, -0.1) is 0 Å². The summed E-state index contributed by atoms with van der Waals surface area (Å²) < 4.78 is 60.9. The first-order valence-electron chi connectivity index (χ1n) is 12.9. The summed E-state index contributed by atoms with van der Waals surface area (Å²) in [5.74, 6) is -0.164. The van der Waals surface area contributed by atoms with Gasteiger partial charge in [0.1, 0.15) is 5.75 Å². The molecule has 208 valence electrons. The highest BCUT2D eigenvalue weighted by atomic mass is 32.2. The van der Waals surface area contributed by atoms with E-state index in [4.69, 9.17) is 4.74 Å². The molecule has 38 heavy (non-hydrogen) atoms. The predicted octanol–water partition coefficient (Wildman–Crippen LogP) is 2.37. The minimum Gasteiger partial charge on any atom is -0.494 e. The van der Waals surface area contributed by atoms with Gasteiger partial charge in [0.2, 0.25) is 26.0 Å². The predicted molar refractivity (Wildman–Crippen MR) is 145 cm³/mol. The number of hydrogen-bond donors (Lipinski definition) is 1. The molecule has 1 amide bonds. The fourth-order valence-corrected chi connectivity index (χ4v) is 7.79. The van der Waals surface area contributed by atoms with Crippen molar-refractivity contribution in [2.24, 2.45) is 5.92 Å². The fourth-order valence-electron chi connectivity index (χ4n) is 4.76. The molecule has 2 heterocycles. The van der Waals surface area contributed by atoms with Crippen LogP contribution in [0.2, 0.25) is 0 Å². The van der Waals surface area contributed by atoms with Crippen LogP contribution in [0.1, 0.15) is 25.3 Å². The summed E-state index contributed by atoms with van der Waals surface area (Å²) in [5.41, 5.74) is 1.20. The molecule has 2 saturated heterocycles. The highest BCUT2D eigenvalue weighted by Gasteiger charge is 2.34. The van der Waals surface area contributed by atoms with E-state index < -0.39 is 26.0 Å². The van der Waals surface area contributed by atoms with Crippen LogP contribution >= 0.6 is 0 Å². The number of nitrogens with one attached hydrogen (secondary N) is 1. The fraction of sp³-hybridized carbons (Fsp3) is 0.500. The Morgan fingerprint density at radius 1 is 0.921 bits per heavy atom. The van der Waals surface area contributed by atoms with Crippen LogP contribution in [-0.4, -0.2) is 89.2 Å². The number of sulfonamides is 2. The van der Waals surface area contributed by atoms with Crippen molar-refractivity contribution in [1.29, 1.82) is 0 Å². The second kappa shape index (κ2) is 11.7. The number of rotatable bonds is 8. The Bertz CT molecular complexity index is 1350. The number of carbonyl (C=O) groups excluding carboxylic acids is 1. The van der Waals surface area contributed by atoms with Crippen molar-refractivity contribution < 1.29 is 26.4 Å². The first-order chi connectivity index (χ1) is 18.0. The maximum Gasteiger partial charge on any atom is 0.243 e. The molecule has 0 bridgehead atoms. The van der Waals surface area contributed by atoms with Gasteiger partial charge in [-0.1, -0.05) is 0 Å². The molecule has 2 aromatic carbocycles. The van der Waals surface area contributed by atoms with E-state index in [2.05, 4.69) is 10.2 Å². The number of carbonyl (C=O) groups is 1. The Balaban J connectivity index is 1.40. The lowest BCUT2D eigenvalue weighted by Crippen LogP contribution is -2.47. The van der Waals surface area contributed by atoms with Crippen LogP contribution < -0.4 is 10.1 Å². The van der Waals surface area contributed by atoms with Gasteiger partial charge < -0.3 is 15.0 Å². The van der Waals surface area contributed by atoms with Gasteiger partial charge in [0.15, 0.2) is 0 Å². The second-order valence-corrected chi connectivity index (χ2v) is 13.7. The smallest absolute Gasteiger partial charge is 0.243 e. The topological polar surface area (TPSA) is 116 Å². The molecule has 0 aliphatic carbocycles. The van der Waals surface area contributed by atoms with E-state index in [0.29, 0.717) is 63.6 Å². The molecular formula is C26H36N4O6S2. The molecule has 1 N–H and O–H groups in total. The Morgan fingerprint density at radius 3 is 2.18 bits per heavy atom. The van der Waals surface area contributed by atoms with E-state index in [-0.39, 0.29) is 22.2 Å². The third-order valence-corrected chi connectivity index (χ3v) is 10.8. The summed E-state index contributed by atoms with van der Waals surface area (Å²) in [6, 6.07) is 10.9. The number of hydrogen-bond acceptors (Lipinski definition) is 7. The number of anilines is 1. The number of piperidine rings is 1. The van der Waals surface area contributed by atoms with E-state index in [1.165, 1.54) is 26.8 Å². The van der Waals surface area contributed by atoms with Crippen molar-refractivity contribution >= 4 is 31.6 Å². The zero-order valence-electron chi connectivity index (χ0n) is 22.1. The number of likely N-dealkylation sites (N-methyl/N-ethyl adjacent to an activating group) is 1. The molecule has 0 saturated carbocycles. The van der Waals surface area contributed by atoms with Crippen LogP contribution in [0.5, 0.6) is 5.75 Å². The van der Waals surface area contributed by atoms with Crippen molar-refractivity contribution in [3.8, 4) is 5.75 Å². The number of aryl methyl sites for hydroxylation is 1. The lowest BCUT2D eigenvalue weighted by atomic mass is 9.99. The number of benzene rings is 2. The lowest BCUT2D eigenvalue weighted by molar-refractivity contribution is -0.120. The first-order valence-corrected chi connectivity index (χ1v) is 15.7.